The average molecular weight is 339 g/mol. The highest BCUT2D eigenvalue weighted by Crippen LogP contribution is 1.97. The number of nitrogens with one attached hydrogen (secondary N) is 1. The van der Waals surface area contributed by atoms with Gasteiger partial charge in [-0.2, -0.15) is 0 Å². The molecule has 0 aliphatic heterocycles. The van der Waals surface area contributed by atoms with Crippen LogP contribution in [0.3, 0.4) is 0 Å². The third kappa shape index (κ3) is 7.77. The van der Waals surface area contributed by atoms with Gasteiger partial charge in [-0.15, -0.1) is 10.2 Å². The molecular formula is C17H34N6O. The van der Waals surface area contributed by atoms with Crippen molar-refractivity contribution in [3.63, 3.8) is 0 Å². The first-order valence-electron chi connectivity index (χ1n) is 9.16. The van der Waals surface area contributed by atoms with Gasteiger partial charge in [0.2, 0.25) is 0 Å². The molecule has 1 rings (SSSR count). The number of unbranched alkanes of at least 4 members (excludes halogenated alkanes) is 1. The van der Waals surface area contributed by atoms with Gasteiger partial charge in [-0.3, -0.25) is 4.99 Å². The molecule has 138 valence electrons. The Morgan fingerprint density at radius 2 is 2.17 bits per heavy atom. The highest BCUT2D eigenvalue weighted by atomic mass is 16.5. The van der Waals surface area contributed by atoms with E-state index in [0.717, 1.165) is 64.0 Å². The molecule has 1 heterocycles. The Balaban J connectivity index is 2.48. The zero-order chi connectivity index (χ0) is 17.6. The molecule has 0 aliphatic rings. The number of hydrogen-bond acceptors (Lipinski definition) is 4. The second kappa shape index (κ2) is 12.8. The van der Waals surface area contributed by atoms with Gasteiger partial charge in [0.05, 0.1) is 0 Å². The fraction of sp³-hybridized carbons (Fsp3) is 0.824. The fourth-order valence-electron chi connectivity index (χ4n) is 2.34. The largest absolute Gasteiger partial charge is 0.382 e. The Morgan fingerprint density at radius 1 is 1.33 bits per heavy atom. The summed E-state index contributed by atoms with van der Waals surface area (Å²) >= 11 is 0. The van der Waals surface area contributed by atoms with E-state index in [-0.39, 0.29) is 0 Å². The summed E-state index contributed by atoms with van der Waals surface area (Å²) < 4.78 is 7.46. The van der Waals surface area contributed by atoms with Crippen LogP contribution in [0, 0.1) is 0 Å². The number of hydrogen-bond donors (Lipinski definition) is 1. The van der Waals surface area contributed by atoms with E-state index >= 15 is 0 Å². The van der Waals surface area contributed by atoms with E-state index in [0.29, 0.717) is 0 Å². The summed E-state index contributed by atoms with van der Waals surface area (Å²) in [7, 11) is 2.10. The molecule has 0 amide bonds. The molecule has 7 nitrogen and oxygen atoms in total. The third-order valence-corrected chi connectivity index (χ3v) is 3.77. The molecular weight excluding hydrogens is 304 g/mol. The lowest BCUT2D eigenvalue weighted by molar-refractivity contribution is 0.146. The smallest absolute Gasteiger partial charge is 0.193 e. The van der Waals surface area contributed by atoms with Gasteiger partial charge in [0, 0.05) is 52.9 Å². The quantitative estimate of drug-likeness (QED) is 0.358. The van der Waals surface area contributed by atoms with Crippen molar-refractivity contribution in [3.05, 3.63) is 12.2 Å². The Bertz CT molecular complexity index is 460. The van der Waals surface area contributed by atoms with E-state index in [1.165, 1.54) is 12.8 Å². The molecule has 0 bridgehead atoms. The molecule has 1 aromatic heterocycles. The van der Waals surface area contributed by atoms with Crippen LogP contribution >= 0.6 is 0 Å². The van der Waals surface area contributed by atoms with E-state index in [4.69, 9.17) is 9.73 Å². The molecule has 0 aliphatic carbocycles. The molecule has 0 radical (unpaired) electrons. The van der Waals surface area contributed by atoms with Crippen molar-refractivity contribution in [1.82, 2.24) is 25.0 Å². The van der Waals surface area contributed by atoms with Crippen LogP contribution in [-0.4, -0.2) is 65.5 Å². The van der Waals surface area contributed by atoms with E-state index in [9.17, 15) is 0 Å². The van der Waals surface area contributed by atoms with Gasteiger partial charge in [0.15, 0.2) is 5.96 Å². The molecule has 1 N–H and O–H groups in total. The molecule has 0 aromatic carbocycles. The average Bonchev–Trinajstić information content (AvgIpc) is 3.05. The number of aryl methyl sites for hydroxylation is 1. The lowest BCUT2D eigenvalue weighted by Crippen LogP contribution is -2.41. The molecule has 24 heavy (non-hydrogen) atoms. The van der Waals surface area contributed by atoms with Crippen molar-refractivity contribution in [2.45, 2.75) is 53.0 Å². The van der Waals surface area contributed by atoms with Crippen molar-refractivity contribution >= 4 is 5.96 Å². The Kier molecular flexibility index (Phi) is 10.8. The molecule has 0 saturated heterocycles. The van der Waals surface area contributed by atoms with Crippen molar-refractivity contribution in [1.29, 1.82) is 0 Å². The second-order valence-electron chi connectivity index (χ2n) is 5.75. The summed E-state index contributed by atoms with van der Waals surface area (Å²) in [4.78, 5) is 6.93. The zero-order valence-electron chi connectivity index (χ0n) is 15.8. The van der Waals surface area contributed by atoms with E-state index < -0.39 is 0 Å². The van der Waals surface area contributed by atoms with Gasteiger partial charge in [-0.1, -0.05) is 20.3 Å². The summed E-state index contributed by atoms with van der Waals surface area (Å²) in [5, 5.41) is 11.6. The number of nitrogens with zero attached hydrogens (tertiary/aromatic N) is 5. The Labute approximate surface area is 146 Å². The number of aliphatic imine (C=N–C) groups is 1. The van der Waals surface area contributed by atoms with Crippen LogP contribution in [0.5, 0.6) is 0 Å². The molecule has 0 atom stereocenters. The molecule has 1 aromatic rings. The first-order valence-corrected chi connectivity index (χ1v) is 9.16. The molecule has 0 fully saturated rings. The number of ether oxygens (including phenoxy) is 1. The lowest BCUT2D eigenvalue weighted by Gasteiger charge is -2.22. The van der Waals surface area contributed by atoms with E-state index in [1.807, 2.05) is 6.92 Å². The van der Waals surface area contributed by atoms with Crippen molar-refractivity contribution < 1.29 is 4.74 Å². The highest BCUT2D eigenvalue weighted by Gasteiger charge is 2.06. The van der Waals surface area contributed by atoms with Gasteiger partial charge < -0.3 is 19.5 Å². The minimum Gasteiger partial charge on any atom is -0.382 e. The van der Waals surface area contributed by atoms with Crippen LogP contribution in [0.4, 0.5) is 0 Å². The maximum atomic E-state index is 5.38. The van der Waals surface area contributed by atoms with Crippen molar-refractivity contribution in [2.75, 3.05) is 39.9 Å². The normalized spacial score (nSPS) is 11.8. The van der Waals surface area contributed by atoms with Crippen molar-refractivity contribution in [3.8, 4) is 0 Å². The molecule has 0 unspecified atom stereocenters. The lowest BCUT2D eigenvalue weighted by atomic mass is 10.3. The first kappa shape index (κ1) is 20.4. The van der Waals surface area contributed by atoms with Crippen LogP contribution in [0.1, 0.15) is 45.9 Å². The predicted molar refractivity (Wildman–Crippen MR) is 98.4 cm³/mol. The van der Waals surface area contributed by atoms with Crippen LogP contribution in [0.2, 0.25) is 0 Å². The second-order valence-corrected chi connectivity index (χ2v) is 5.75. The van der Waals surface area contributed by atoms with Crippen LogP contribution in [0.25, 0.3) is 0 Å². The topological polar surface area (TPSA) is 67.6 Å². The predicted octanol–water partition coefficient (Wildman–Crippen LogP) is 1.94. The van der Waals surface area contributed by atoms with E-state index in [1.54, 1.807) is 6.33 Å². The van der Waals surface area contributed by atoms with Crippen molar-refractivity contribution in [2.24, 2.45) is 4.99 Å². The van der Waals surface area contributed by atoms with Crippen LogP contribution < -0.4 is 5.32 Å². The summed E-state index contributed by atoms with van der Waals surface area (Å²) in [5.41, 5.74) is 0. The first-order chi connectivity index (χ1) is 11.7. The summed E-state index contributed by atoms with van der Waals surface area (Å²) in [6.45, 7) is 11.3. The maximum Gasteiger partial charge on any atom is 0.193 e. The van der Waals surface area contributed by atoms with Gasteiger partial charge in [0.25, 0.3) is 0 Å². The molecule has 0 saturated carbocycles. The molecule has 0 spiro atoms. The minimum absolute atomic E-state index is 0.768. The van der Waals surface area contributed by atoms with Gasteiger partial charge in [0.1, 0.15) is 12.2 Å². The Hall–Kier alpha value is -1.63. The summed E-state index contributed by atoms with van der Waals surface area (Å²) in [5.74, 6) is 1.98. The maximum absolute atomic E-state index is 5.38. The fourth-order valence-corrected chi connectivity index (χ4v) is 2.34. The minimum atomic E-state index is 0.768. The monoisotopic (exact) mass is 338 g/mol. The van der Waals surface area contributed by atoms with E-state index in [2.05, 4.69) is 45.9 Å². The van der Waals surface area contributed by atoms with Crippen LogP contribution in [0.15, 0.2) is 11.3 Å². The summed E-state index contributed by atoms with van der Waals surface area (Å²) in [6.07, 6.45) is 5.99. The standard InChI is InChI=1S/C17H34N6O/c1-5-8-12-22(4)17(18-10-9-14-24-7-3)19-11-13-23-15-20-21-16(23)6-2/h15H,5-14H2,1-4H3,(H,18,19). The number of aromatic nitrogens is 3. The SMILES string of the molecule is CCCCN(C)C(=NCCCOCC)NCCn1cnnc1CC. The van der Waals surface area contributed by atoms with Gasteiger partial charge >= 0.3 is 0 Å². The molecule has 7 heteroatoms. The zero-order valence-corrected chi connectivity index (χ0v) is 15.8. The number of rotatable bonds is 12. The van der Waals surface area contributed by atoms with Crippen LogP contribution in [-0.2, 0) is 17.7 Å². The summed E-state index contributed by atoms with van der Waals surface area (Å²) in [6, 6.07) is 0. The Morgan fingerprint density at radius 3 is 2.88 bits per heavy atom. The number of guanidine groups is 1. The third-order valence-electron chi connectivity index (χ3n) is 3.77. The van der Waals surface area contributed by atoms with Gasteiger partial charge in [-0.25, -0.2) is 0 Å². The highest BCUT2D eigenvalue weighted by molar-refractivity contribution is 5.79. The van der Waals surface area contributed by atoms with Gasteiger partial charge in [-0.05, 0) is 19.8 Å².